The highest BCUT2D eigenvalue weighted by Crippen LogP contribution is 2.35. The zero-order chi connectivity index (χ0) is 22.1. The van der Waals surface area contributed by atoms with Crippen molar-refractivity contribution in [3.63, 3.8) is 0 Å². The molecule has 2 aromatic carbocycles. The van der Waals surface area contributed by atoms with Crippen LogP contribution in [0.1, 0.15) is 36.0 Å². The number of carbonyl (C=O) groups is 1. The van der Waals surface area contributed by atoms with Gasteiger partial charge >= 0.3 is 6.03 Å². The van der Waals surface area contributed by atoms with Gasteiger partial charge in [0, 0.05) is 23.1 Å². The first-order valence-electron chi connectivity index (χ1n) is 9.83. The van der Waals surface area contributed by atoms with Crippen LogP contribution in [0.15, 0.2) is 42.5 Å². The molecule has 2 heterocycles. The van der Waals surface area contributed by atoms with Crippen LogP contribution in [0.3, 0.4) is 0 Å². The highest BCUT2D eigenvalue weighted by atomic mass is 35.5. The molecule has 3 aromatic rings. The molecule has 0 unspecified atom stereocenters. The van der Waals surface area contributed by atoms with Crippen LogP contribution in [0.2, 0.25) is 15.2 Å². The number of aromatic nitrogens is 2. The summed E-state index contributed by atoms with van der Waals surface area (Å²) in [4.78, 5) is 19.2. The monoisotopic (exact) mass is 480 g/mol. The molecule has 1 aliphatic heterocycles. The van der Waals surface area contributed by atoms with Gasteiger partial charge in [0.25, 0.3) is 0 Å². The number of benzene rings is 2. The predicted octanol–water partition coefficient (Wildman–Crippen LogP) is 6.71. The molecule has 1 aliphatic rings. The number of nitrogens with one attached hydrogen (secondary N) is 1. The number of hydrogen-bond donors (Lipinski definition) is 1. The first-order valence-corrected chi connectivity index (χ1v) is 11.0. The average Bonchev–Trinajstić information content (AvgIpc) is 3.32. The van der Waals surface area contributed by atoms with Gasteiger partial charge in [0.05, 0.1) is 17.4 Å². The Bertz CT molecular complexity index is 1120. The molecule has 0 bridgehead atoms. The molecule has 2 amide bonds. The van der Waals surface area contributed by atoms with Gasteiger partial charge in [-0.2, -0.15) is 0 Å². The van der Waals surface area contributed by atoms with Crippen LogP contribution in [-0.4, -0.2) is 27.0 Å². The molecule has 9 heteroatoms. The first-order chi connectivity index (χ1) is 14.8. The minimum absolute atomic E-state index is 0.0822. The van der Waals surface area contributed by atoms with Crippen molar-refractivity contribution in [2.45, 2.75) is 32.4 Å². The fourth-order valence-corrected chi connectivity index (χ4v) is 4.28. The van der Waals surface area contributed by atoms with E-state index in [1.165, 1.54) is 18.2 Å². The largest absolute Gasteiger partial charge is 0.325 e. The molecule has 0 aliphatic carbocycles. The number of likely N-dealkylation sites (tertiary alicyclic amines) is 1. The summed E-state index contributed by atoms with van der Waals surface area (Å²) >= 11 is 18.2. The number of carbonyl (C=O) groups excluding carboxylic acids is 1. The summed E-state index contributed by atoms with van der Waals surface area (Å²) in [6.45, 7) is 2.99. The summed E-state index contributed by atoms with van der Waals surface area (Å²) in [5, 5.41) is 3.98. The summed E-state index contributed by atoms with van der Waals surface area (Å²) in [6.07, 6.45) is 1.55. The van der Waals surface area contributed by atoms with Crippen molar-refractivity contribution in [1.82, 2.24) is 14.5 Å². The van der Waals surface area contributed by atoms with Crippen molar-refractivity contribution in [2.75, 3.05) is 11.9 Å². The maximum atomic E-state index is 14.1. The Kier molecular flexibility index (Phi) is 6.42. The predicted molar refractivity (Wildman–Crippen MR) is 122 cm³/mol. The van der Waals surface area contributed by atoms with E-state index >= 15 is 0 Å². The first kappa shape index (κ1) is 21.9. The SMILES string of the molecule is Cc1c(Cl)nc([C@H]2CCCN2C(=O)Nc2ccc(Cl)cc2F)n1Cc1ccc(Cl)cc1. The van der Waals surface area contributed by atoms with Crippen LogP contribution in [0.5, 0.6) is 0 Å². The van der Waals surface area contributed by atoms with Gasteiger partial charge in [-0.1, -0.05) is 46.9 Å². The molecule has 1 saturated heterocycles. The van der Waals surface area contributed by atoms with Gasteiger partial charge in [-0.25, -0.2) is 14.2 Å². The number of halogens is 4. The third kappa shape index (κ3) is 4.66. The summed E-state index contributed by atoms with van der Waals surface area (Å²) in [7, 11) is 0. The van der Waals surface area contributed by atoms with E-state index < -0.39 is 11.8 Å². The number of hydrogen-bond acceptors (Lipinski definition) is 2. The van der Waals surface area contributed by atoms with Gasteiger partial charge in [0.15, 0.2) is 0 Å². The summed E-state index contributed by atoms with van der Waals surface area (Å²) in [5.41, 5.74) is 1.95. The topological polar surface area (TPSA) is 50.2 Å². The van der Waals surface area contributed by atoms with Crippen LogP contribution in [0.4, 0.5) is 14.9 Å². The van der Waals surface area contributed by atoms with Crippen LogP contribution in [0.25, 0.3) is 0 Å². The second-order valence-corrected chi connectivity index (χ2v) is 8.70. The molecular formula is C22H20Cl3FN4O. The Morgan fingerprint density at radius 3 is 2.58 bits per heavy atom. The summed E-state index contributed by atoms with van der Waals surface area (Å²) in [6, 6.07) is 11.0. The summed E-state index contributed by atoms with van der Waals surface area (Å²) in [5.74, 6) is 0.126. The Morgan fingerprint density at radius 2 is 1.87 bits per heavy atom. The number of rotatable bonds is 4. The second-order valence-electron chi connectivity index (χ2n) is 7.46. The smallest absolute Gasteiger partial charge is 0.322 e. The molecule has 0 saturated carbocycles. The van der Waals surface area contributed by atoms with Gasteiger partial charge in [0.1, 0.15) is 16.8 Å². The number of nitrogens with zero attached hydrogens (tertiary/aromatic N) is 3. The molecule has 1 aromatic heterocycles. The van der Waals surface area contributed by atoms with E-state index in [0.717, 1.165) is 24.1 Å². The van der Waals surface area contributed by atoms with Gasteiger partial charge in [0.2, 0.25) is 0 Å². The van der Waals surface area contributed by atoms with Crippen LogP contribution in [0, 0.1) is 12.7 Å². The van der Waals surface area contributed by atoms with E-state index in [0.29, 0.717) is 29.1 Å². The number of imidazole rings is 1. The lowest BCUT2D eigenvalue weighted by atomic mass is 10.2. The minimum atomic E-state index is -0.584. The number of amides is 2. The lowest BCUT2D eigenvalue weighted by Gasteiger charge is -2.25. The molecule has 162 valence electrons. The lowest BCUT2D eigenvalue weighted by Crippen LogP contribution is -2.35. The van der Waals surface area contributed by atoms with Crippen molar-refractivity contribution in [2.24, 2.45) is 0 Å². The van der Waals surface area contributed by atoms with E-state index in [1.807, 2.05) is 35.8 Å². The Balaban J connectivity index is 1.60. The van der Waals surface area contributed by atoms with E-state index in [4.69, 9.17) is 34.8 Å². The van der Waals surface area contributed by atoms with Crippen LogP contribution >= 0.6 is 34.8 Å². The summed E-state index contributed by atoms with van der Waals surface area (Å²) < 4.78 is 16.2. The third-order valence-electron chi connectivity index (χ3n) is 5.43. The number of urea groups is 1. The molecule has 1 atom stereocenters. The zero-order valence-corrected chi connectivity index (χ0v) is 19.0. The van der Waals surface area contributed by atoms with Crippen molar-refractivity contribution in [1.29, 1.82) is 0 Å². The molecule has 0 radical (unpaired) electrons. The fourth-order valence-electron chi connectivity index (χ4n) is 3.81. The van der Waals surface area contributed by atoms with Crippen molar-refractivity contribution in [3.8, 4) is 0 Å². The van der Waals surface area contributed by atoms with Crippen molar-refractivity contribution in [3.05, 3.63) is 80.6 Å². The molecule has 31 heavy (non-hydrogen) atoms. The Hall–Kier alpha value is -2.28. The van der Waals surface area contributed by atoms with E-state index in [-0.39, 0.29) is 16.8 Å². The highest BCUT2D eigenvalue weighted by molar-refractivity contribution is 6.31. The van der Waals surface area contributed by atoms with Crippen LogP contribution < -0.4 is 5.32 Å². The van der Waals surface area contributed by atoms with E-state index in [2.05, 4.69) is 10.3 Å². The quantitative estimate of drug-likeness (QED) is 0.450. The fraction of sp³-hybridized carbons (Fsp3) is 0.273. The standard InChI is InChI=1S/C22H20Cl3FN4O/c1-13-20(25)28-21(30(13)12-14-4-6-15(23)7-5-14)19-3-2-10-29(19)22(31)27-18-9-8-16(24)11-17(18)26/h4-9,11,19H,2-3,10,12H2,1H3,(H,27,31)/t19-/m1/s1. The molecule has 1 N–H and O–H groups in total. The Labute approximate surface area is 194 Å². The van der Waals surface area contributed by atoms with Crippen molar-refractivity contribution < 1.29 is 9.18 Å². The zero-order valence-electron chi connectivity index (χ0n) is 16.7. The highest BCUT2D eigenvalue weighted by Gasteiger charge is 2.34. The van der Waals surface area contributed by atoms with Crippen LogP contribution in [-0.2, 0) is 6.54 Å². The maximum Gasteiger partial charge on any atom is 0.322 e. The van der Waals surface area contributed by atoms with E-state index in [9.17, 15) is 9.18 Å². The minimum Gasteiger partial charge on any atom is -0.325 e. The van der Waals surface area contributed by atoms with Gasteiger partial charge in [-0.15, -0.1) is 0 Å². The molecule has 0 spiro atoms. The van der Waals surface area contributed by atoms with Gasteiger partial charge < -0.3 is 14.8 Å². The molecular weight excluding hydrogens is 462 g/mol. The molecule has 1 fully saturated rings. The molecule has 5 nitrogen and oxygen atoms in total. The normalized spacial score (nSPS) is 16.0. The number of anilines is 1. The second kappa shape index (κ2) is 9.07. The average molecular weight is 482 g/mol. The Morgan fingerprint density at radius 1 is 1.16 bits per heavy atom. The third-order valence-corrected chi connectivity index (χ3v) is 6.28. The molecule has 4 rings (SSSR count). The van der Waals surface area contributed by atoms with Gasteiger partial charge in [-0.05, 0) is 55.7 Å². The van der Waals surface area contributed by atoms with Crippen molar-refractivity contribution >= 4 is 46.5 Å². The maximum absolute atomic E-state index is 14.1. The van der Waals surface area contributed by atoms with Gasteiger partial charge in [-0.3, -0.25) is 0 Å². The lowest BCUT2D eigenvalue weighted by molar-refractivity contribution is 0.204. The van der Waals surface area contributed by atoms with E-state index in [1.54, 1.807) is 4.90 Å².